The Bertz CT molecular complexity index is 222. The maximum Gasteiger partial charge on any atom is 0.108 e. The predicted molar refractivity (Wildman–Crippen MR) is 67.2 cm³/mol. The summed E-state index contributed by atoms with van der Waals surface area (Å²) in [4.78, 5) is 2.52. The number of nitrogens with zero attached hydrogens (tertiary/aromatic N) is 2. The molecule has 1 rings (SSSR count). The van der Waals surface area contributed by atoms with Crippen LogP contribution in [0.4, 0.5) is 0 Å². The van der Waals surface area contributed by atoms with Gasteiger partial charge in [-0.1, -0.05) is 26.7 Å². The standard InChI is InChI=1S/C13H25N3/c1-3-13-8-6-5-7-9-16(13)11-12(10-14)15-4-2/h12-13,15H,3-9,11H2,1-2H3. The molecule has 16 heavy (non-hydrogen) atoms. The van der Waals surface area contributed by atoms with E-state index in [0.717, 1.165) is 13.1 Å². The minimum atomic E-state index is -0.00264. The smallest absolute Gasteiger partial charge is 0.108 e. The summed E-state index contributed by atoms with van der Waals surface area (Å²) in [5, 5.41) is 12.3. The lowest BCUT2D eigenvalue weighted by Gasteiger charge is -2.30. The molecule has 1 heterocycles. The Morgan fingerprint density at radius 1 is 1.38 bits per heavy atom. The van der Waals surface area contributed by atoms with Crippen LogP contribution in [0.2, 0.25) is 0 Å². The largest absolute Gasteiger partial charge is 0.301 e. The summed E-state index contributed by atoms with van der Waals surface area (Å²) < 4.78 is 0. The van der Waals surface area contributed by atoms with Gasteiger partial charge in [-0.05, 0) is 32.4 Å². The van der Waals surface area contributed by atoms with Crippen molar-refractivity contribution in [3.05, 3.63) is 0 Å². The quantitative estimate of drug-likeness (QED) is 0.776. The minimum Gasteiger partial charge on any atom is -0.301 e. The van der Waals surface area contributed by atoms with Gasteiger partial charge < -0.3 is 5.32 Å². The first-order valence-electron chi connectivity index (χ1n) is 6.68. The zero-order chi connectivity index (χ0) is 11.8. The van der Waals surface area contributed by atoms with Gasteiger partial charge in [-0.3, -0.25) is 4.90 Å². The van der Waals surface area contributed by atoms with Crippen LogP contribution < -0.4 is 5.32 Å². The van der Waals surface area contributed by atoms with E-state index in [1.165, 1.54) is 38.6 Å². The van der Waals surface area contributed by atoms with E-state index in [9.17, 15) is 0 Å². The topological polar surface area (TPSA) is 39.1 Å². The van der Waals surface area contributed by atoms with Crippen molar-refractivity contribution in [1.82, 2.24) is 10.2 Å². The van der Waals surface area contributed by atoms with Gasteiger partial charge in [-0.15, -0.1) is 0 Å². The summed E-state index contributed by atoms with van der Waals surface area (Å²) >= 11 is 0. The molecule has 0 radical (unpaired) electrons. The summed E-state index contributed by atoms with van der Waals surface area (Å²) in [6.45, 7) is 7.26. The molecule has 1 saturated heterocycles. The molecule has 3 nitrogen and oxygen atoms in total. The van der Waals surface area contributed by atoms with Crippen LogP contribution in [-0.2, 0) is 0 Å². The van der Waals surface area contributed by atoms with Crippen LogP contribution in [-0.4, -0.2) is 36.6 Å². The Kier molecular flexibility index (Phi) is 6.44. The van der Waals surface area contributed by atoms with Crippen molar-refractivity contribution >= 4 is 0 Å². The average Bonchev–Trinajstić information content (AvgIpc) is 2.53. The van der Waals surface area contributed by atoms with Crippen molar-refractivity contribution in [3.63, 3.8) is 0 Å². The van der Waals surface area contributed by atoms with Crippen molar-refractivity contribution in [2.75, 3.05) is 19.6 Å². The lowest BCUT2D eigenvalue weighted by Crippen LogP contribution is -2.44. The number of hydrogen-bond donors (Lipinski definition) is 1. The van der Waals surface area contributed by atoms with E-state index in [4.69, 9.17) is 5.26 Å². The fourth-order valence-electron chi connectivity index (χ4n) is 2.57. The van der Waals surface area contributed by atoms with Crippen molar-refractivity contribution in [2.24, 2.45) is 0 Å². The van der Waals surface area contributed by atoms with Crippen LogP contribution in [0, 0.1) is 11.3 Å². The van der Waals surface area contributed by atoms with Crippen molar-refractivity contribution in [1.29, 1.82) is 5.26 Å². The molecule has 2 unspecified atom stereocenters. The number of nitriles is 1. The number of likely N-dealkylation sites (tertiary alicyclic amines) is 1. The SMILES string of the molecule is CCNC(C#N)CN1CCCCCC1CC. The van der Waals surface area contributed by atoms with E-state index in [2.05, 4.69) is 30.1 Å². The second-order valence-corrected chi connectivity index (χ2v) is 4.65. The monoisotopic (exact) mass is 223 g/mol. The van der Waals surface area contributed by atoms with Crippen molar-refractivity contribution in [3.8, 4) is 6.07 Å². The van der Waals surface area contributed by atoms with E-state index >= 15 is 0 Å². The highest BCUT2D eigenvalue weighted by molar-refractivity contribution is 4.93. The molecule has 1 N–H and O–H groups in total. The van der Waals surface area contributed by atoms with E-state index < -0.39 is 0 Å². The molecule has 0 aromatic heterocycles. The molecule has 1 aliphatic heterocycles. The third kappa shape index (κ3) is 4.11. The summed E-state index contributed by atoms with van der Waals surface area (Å²) in [7, 11) is 0. The van der Waals surface area contributed by atoms with Gasteiger partial charge in [-0.25, -0.2) is 0 Å². The molecule has 1 fully saturated rings. The van der Waals surface area contributed by atoms with Gasteiger partial charge in [0, 0.05) is 12.6 Å². The molecule has 92 valence electrons. The summed E-state index contributed by atoms with van der Waals surface area (Å²) in [5.74, 6) is 0. The average molecular weight is 223 g/mol. The Labute approximate surface area is 99.8 Å². The lowest BCUT2D eigenvalue weighted by molar-refractivity contribution is 0.185. The Morgan fingerprint density at radius 2 is 2.19 bits per heavy atom. The van der Waals surface area contributed by atoms with Crippen molar-refractivity contribution < 1.29 is 0 Å². The number of nitrogens with one attached hydrogen (secondary N) is 1. The fraction of sp³-hybridized carbons (Fsp3) is 0.923. The first-order valence-corrected chi connectivity index (χ1v) is 6.68. The summed E-state index contributed by atoms with van der Waals surface area (Å²) in [6, 6.07) is 3.05. The second-order valence-electron chi connectivity index (χ2n) is 4.65. The fourth-order valence-corrected chi connectivity index (χ4v) is 2.57. The van der Waals surface area contributed by atoms with Gasteiger partial charge >= 0.3 is 0 Å². The molecule has 3 heteroatoms. The highest BCUT2D eigenvalue weighted by Gasteiger charge is 2.21. The highest BCUT2D eigenvalue weighted by atomic mass is 15.2. The molecule has 1 aliphatic rings. The van der Waals surface area contributed by atoms with Gasteiger partial charge in [0.2, 0.25) is 0 Å². The third-order valence-corrected chi connectivity index (χ3v) is 3.49. The molecule has 0 saturated carbocycles. The molecule has 0 bridgehead atoms. The van der Waals surface area contributed by atoms with Crippen LogP contribution in [0.3, 0.4) is 0 Å². The maximum atomic E-state index is 9.08. The molecule has 0 amide bonds. The molecule has 0 aromatic rings. The highest BCUT2D eigenvalue weighted by Crippen LogP contribution is 2.19. The molecular formula is C13H25N3. The van der Waals surface area contributed by atoms with Crippen LogP contribution in [0.15, 0.2) is 0 Å². The van der Waals surface area contributed by atoms with Crippen LogP contribution in [0.25, 0.3) is 0 Å². The number of hydrogen-bond acceptors (Lipinski definition) is 3. The normalized spacial score (nSPS) is 24.7. The minimum absolute atomic E-state index is 0.00264. The van der Waals surface area contributed by atoms with Gasteiger partial charge in [-0.2, -0.15) is 5.26 Å². The van der Waals surface area contributed by atoms with E-state index in [0.29, 0.717) is 6.04 Å². The van der Waals surface area contributed by atoms with Crippen LogP contribution in [0.1, 0.15) is 46.0 Å². The lowest BCUT2D eigenvalue weighted by atomic mass is 10.1. The first kappa shape index (κ1) is 13.5. The Hall–Kier alpha value is -0.590. The number of likely N-dealkylation sites (N-methyl/N-ethyl adjacent to an activating group) is 1. The van der Waals surface area contributed by atoms with Gasteiger partial charge in [0.25, 0.3) is 0 Å². The zero-order valence-electron chi connectivity index (χ0n) is 10.7. The Balaban J connectivity index is 2.50. The third-order valence-electron chi connectivity index (χ3n) is 3.49. The second kappa shape index (κ2) is 7.65. The Morgan fingerprint density at radius 3 is 2.81 bits per heavy atom. The summed E-state index contributed by atoms with van der Waals surface area (Å²) in [5.41, 5.74) is 0. The molecular weight excluding hydrogens is 198 g/mol. The zero-order valence-corrected chi connectivity index (χ0v) is 10.7. The van der Waals surface area contributed by atoms with E-state index in [-0.39, 0.29) is 6.04 Å². The van der Waals surface area contributed by atoms with Gasteiger partial charge in [0.1, 0.15) is 6.04 Å². The van der Waals surface area contributed by atoms with Gasteiger partial charge in [0.05, 0.1) is 6.07 Å². The van der Waals surface area contributed by atoms with Gasteiger partial charge in [0.15, 0.2) is 0 Å². The molecule has 2 atom stereocenters. The number of rotatable bonds is 5. The maximum absolute atomic E-state index is 9.08. The summed E-state index contributed by atoms with van der Waals surface area (Å²) in [6.07, 6.45) is 6.52. The van der Waals surface area contributed by atoms with Crippen LogP contribution in [0.5, 0.6) is 0 Å². The van der Waals surface area contributed by atoms with Crippen molar-refractivity contribution in [2.45, 2.75) is 58.0 Å². The first-order chi connectivity index (χ1) is 7.81. The molecule has 0 aromatic carbocycles. The van der Waals surface area contributed by atoms with E-state index in [1.807, 2.05) is 0 Å². The van der Waals surface area contributed by atoms with Crippen LogP contribution >= 0.6 is 0 Å². The predicted octanol–water partition coefficient (Wildman–Crippen LogP) is 2.14. The van der Waals surface area contributed by atoms with E-state index in [1.54, 1.807) is 0 Å². The molecule has 0 spiro atoms. The molecule has 0 aliphatic carbocycles.